The summed E-state index contributed by atoms with van der Waals surface area (Å²) < 4.78 is 83.6. The summed E-state index contributed by atoms with van der Waals surface area (Å²) in [4.78, 5) is 12.7. The van der Waals surface area contributed by atoms with E-state index in [1.54, 1.807) is 12.2 Å². The van der Waals surface area contributed by atoms with Crippen LogP contribution < -0.4 is 4.74 Å². The van der Waals surface area contributed by atoms with E-state index in [9.17, 15) is 27.5 Å². The molecule has 1 aliphatic heterocycles. The summed E-state index contributed by atoms with van der Waals surface area (Å²) >= 11 is 0. The Bertz CT molecular complexity index is 1340. The van der Waals surface area contributed by atoms with Crippen molar-refractivity contribution in [2.45, 2.75) is 70.2 Å². The summed E-state index contributed by atoms with van der Waals surface area (Å²) in [5.41, 5.74) is 0.931. The highest BCUT2D eigenvalue weighted by Gasteiger charge is 2.35. The van der Waals surface area contributed by atoms with E-state index >= 15 is 4.39 Å². The summed E-state index contributed by atoms with van der Waals surface area (Å²) in [7, 11) is 0. The third-order valence-electron chi connectivity index (χ3n) is 8.12. The third-order valence-corrected chi connectivity index (χ3v) is 8.12. The van der Waals surface area contributed by atoms with Crippen molar-refractivity contribution in [3.63, 3.8) is 0 Å². The van der Waals surface area contributed by atoms with Gasteiger partial charge in [0.25, 0.3) is 0 Å². The number of epoxide rings is 1. The van der Waals surface area contributed by atoms with E-state index in [2.05, 4.69) is 0 Å². The molecule has 2 fully saturated rings. The Labute approximate surface area is 229 Å². The SMILES string of the molecule is CCCC(O)c1ccc(OC(=O)C2CCC(C3=CC=C(c4ccc(C5CO5)c(F)c4F)CC3F)CC2)c(F)c1F. The Morgan fingerprint density at radius 2 is 1.73 bits per heavy atom. The molecule has 0 amide bonds. The molecule has 2 aliphatic carbocycles. The van der Waals surface area contributed by atoms with Gasteiger partial charge in [-0.25, -0.2) is 17.6 Å². The molecule has 2 aromatic carbocycles. The monoisotopic (exact) mass is 562 g/mol. The van der Waals surface area contributed by atoms with E-state index in [0.29, 0.717) is 49.9 Å². The Balaban J connectivity index is 1.21. The van der Waals surface area contributed by atoms with Crippen LogP contribution in [0, 0.1) is 35.1 Å². The van der Waals surface area contributed by atoms with E-state index in [-0.39, 0.29) is 35.4 Å². The number of aliphatic hydroxyl groups excluding tert-OH is 1. The molecule has 0 spiro atoms. The fraction of sp³-hybridized carbons (Fsp3) is 0.452. The number of halogens is 5. The molecule has 3 atom stereocenters. The average Bonchev–Trinajstić information content (AvgIpc) is 3.78. The first-order valence-electron chi connectivity index (χ1n) is 13.7. The molecule has 0 aromatic heterocycles. The van der Waals surface area contributed by atoms with Gasteiger partial charge in [-0.2, -0.15) is 4.39 Å². The molecule has 3 aliphatic rings. The van der Waals surface area contributed by atoms with Gasteiger partial charge >= 0.3 is 5.97 Å². The second-order valence-electron chi connectivity index (χ2n) is 10.7. The number of hydrogen-bond acceptors (Lipinski definition) is 4. The number of carbonyl (C=O) groups is 1. The second-order valence-corrected chi connectivity index (χ2v) is 10.7. The van der Waals surface area contributed by atoms with Crippen LogP contribution in [-0.4, -0.2) is 23.9 Å². The van der Waals surface area contributed by atoms with Gasteiger partial charge in [-0.05, 0) is 61.3 Å². The first-order valence-corrected chi connectivity index (χ1v) is 13.7. The van der Waals surface area contributed by atoms with Crippen LogP contribution in [0.25, 0.3) is 5.57 Å². The van der Waals surface area contributed by atoms with Crippen molar-refractivity contribution in [3.05, 3.63) is 81.9 Å². The van der Waals surface area contributed by atoms with E-state index in [0.717, 1.165) is 6.07 Å². The van der Waals surface area contributed by atoms with Crippen LogP contribution in [0.15, 0.2) is 42.0 Å². The van der Waals surface area contributed by atoms with Gasteiger partial charge in [-0.1, -0.05) is 37.6 Å². The predicted octanol–water partition coefficient (Wildman–Crippen LogP) is 7.61. The lowest BCUT2D eigenvalue weighted by atomic mass is 9.75. The van der Waals surface area contributed by atoms with Crippen molar-refractivity contribution in [1.82, 2.24) is 0 Å². The Morgan fingerprint density at radius 3 is 2.38 bits per heavy atom. The lowest BCUT2D eigenvalue weighted by molar-refractivity contribution is -0.140. The Kier molecular flexibility index (Phi) is 8.42. The van der Waals surface area contributed by atoms with Gasteiger partial charge in [0.15, 0.2) is 23.2 Å². The largest absolute Gasteiger partial charge is 0.423 e. The minimum absolute atomic E-state index is 0.0304. The second kappa shape index (κ2) is 11.8. The molecule has 1 N–H and O–H groups in total. The van der Waals surface area contributed by atoms with Crippen molar-refractivity contribution >= 4 is 11.5 Å². The van der Waals surface area contributed by atoms with E-state index in [1.807, 2.05) is 6.92 Å². The zero-order valence-electron chi connectivity index (χ0n) is 22.1. The molecule has 9 heteroatoms. The van der Waals surface area contributed by atoms with Crippen LogP contribution in [0.1, 0.15) is 80.8 Å². The number of rotatable bonds is 8. The minimum atomic E-state index is -1.37. The number of carbonyl (C=O) groups excluding carboxylic acids is 1. The molecule has 1 saturated carbocycles. The Morgan fingerprint density at radius 1 is 1.00 bits per heavy atom. The van der Waals surface area contributed by atoms with E-state index in [1.165, 1.54) is 18.2 Å². The maximum atomic E-state index is 15.2. The average molecular weight is 563 g/mol. The van der Waals surface area contributed by atoms with Gasteiger partial charge in [-0.15, -0.1) is 0 Å². The third kappa shape index (κ3) is 5.72. The molecule has 214 valence electrons. The first kappa shape index (κ1) is 28.5. The topological polar surface area (TPSA) is 59.1 Å². The quantitative estimate of drug-likeness (QED) is 0.156. The van der Waals surface area contributed by atoms with Crippen LogP contribution >= 0.6 is 0 Å². The fourth-order valence-corrected chi connectivity index (χ4v) is 5.73. The normalized spacial score (nSPS) is 25.2. The number of alkyl halides is 1. The summed E-state index contributed by atoms with van der Waals surface area (Å²) in [6.07, 6.45) is 2.80. The van der Waals surface area contributed by atoms with Crippen molar-refractivity contribution in [2.75, 3.05) is 6.61 Å². The van der Waals surface area contributed by atoms with Gasteiger partial charge in [0, 0.05) is 23.1 Å². The van der Waals surface area contributed by atoms with Crippen molar-refractivity contribution in [3.8, 4) is 5.75 Å². The lowest BCUT2D eigenvalue weighted by Crippen LogP contribution is -2.28. The summed E-state index contributed by atoms with van der Waals surface area (Å²) in [6, 6.07) is 5.29. The van der Waals surface area contributed by atoms with Gasteiger partial charge in [-0.3, -0.25) is 4.79 Å². The van der Waals surface area contributed by atoms with Crippen molar-refractivity contribution in [2.24, 2.45) is 11.8 Å². The minimum Gasteiger partial charge on any atom is -0.423 e. The Hall–Kier alpha value is -3.04. The number of benzene rings is 2. The highest BCUT2D eigenvalue weighted by molar-refractivity contribution is 5.75. The molecular weight excluding hydrogens is 531 g/mol. The molecule has 1 saturated heterocycles. The number of ether oxygens (including phenoxy) is 2. The number of esters is 1. The molecule has 1 heterocycles. The molecule has 5 rings (SSSR count). The predicted molar refractivity (Wildman–Crippen MR) is 138 cm³/mol. The molecule has 4 nitrogen and oxygen atoms in total. The zero-order valence-corrected chi connectivity index (χ0v) is 22.1. The fourth-order valence-electron chi connectivity index (χ4n) is 5.73. The van der Waals surface area contributed by atoms with Gasteiger partial charge < -0.3 is 14.6 Å². The van der Waals surface area contributed by atoms with Crippen LogP contribution in [-0.2, 0) is 9.53 Å². The van der Waals surface area contributed by atoms with Crippen LogP contribution in [0.4, 0.5) is 22.0 Å². The first-order chi connectivity index (χ1) is 19.2. The van der Waals surface area contributed by atoms with Crippen molar-refractivity contribution in [1.29, 1.82) is 0 Å². The zero-order chi connectivity index (χ0) is 28.6. The standard InChI is InChI=1S/C31H31F5O4/c1-2-3-24(37)21-12-13-25(30(36)28(21)34)40-31(38)17-6-4-16(5-7-17)19-9-8-18(14-23(19)32)20-10-11-22(26-15-39-26)29(35)27(20)33/h8-13,16-17,23-24,26,37H,2-7,14-15H2,1H3. The van der Waals surface area contributed by atoms with Crippen LogP contribution in [0.5, 0.6) is 5.75 Å². The van der Waals surface area contributed by atoms with Crippen LogP contribution in [0.2, 0.25) is 0 Å². The van der Waals surface area contributed by atoms with Crippen molar-refractivity contribution < 1.29 is 41.3 Å². The smallest absolute Gasteiger partial charge is 0.314 e. The number of hydrogen-bond donors (Lipinski definition) is 1. The van der Waals surface area contributed by atoms with E-state index in [4.69, 9.17) is 9.47 Å². The number of aliphatic hydroxyl groups is 1. The molecule has 3 unspecified atom stereocenters. The summed E-state index contributed by atoms with van der Waals surface area (Å²) in [5.74, 6) is -6.45. The molecule has 0 radical (unpaired) electrons. The highest BCUT2D eigenvalue weighted by atomic mass is 19.2. The highest BCUT2D eigenvalue weighted by Crippen LogP contribution is 2.42. The molecule has 2 aromatic rings. The maximum absolute atomic E-state index is 15.2. The van der Waals surface area contributed by atoms with Crippen LogP contribution in [0.3, 0.4) is 0 Å². The molecule has 40 heavy (non-hydrogen) atoms. The van der Waals surface area contributed by atoms with Gasteiger partial charge in [0.2, 0.25) is 5.82 Å². The van der Waals surface area contributed by atoms with Gasteiger partial charge in [0.1, 0.15) is 12.3 Å². The molecule has 0 bridgehead atoms. The van der Waals surface area contributed by atoms with Gasteiger partial charge in [0.05, 0.1) is 18.6 Å². The number of allylic oxidation sites excluding steroid dienone is 4. The summed E-state index contributed by atoms with van der Waals surface area (Å²) in [6.45, 7) is 2.16. The summed E-state index contributed by atoms with van der Waals surface area (Å²) in [5, 5.41) is 9.99. The van der Waals surface area contributed by atoms with E-state index < -0.39 is 59.3 Å². The maximum Gasteiger partial charge on any atom is 0.314 e. The lowest BCUT2D eigenvalue weighted by Gasteiger charge is -2.32. The molecular formula is C31H31F5O4.